The highest BCUT2D eigenvalue weighted by Gasteiger charge is 2.26. The summed E-state index contributed by atoms with van der Waals surface area (Å²) in [5.41, 5.74) is 9.14. The molecule has 3 rings (SSSR count). The first kappa shape index (κ1) is 18.7. The van der Waals surface area contributed by atoms with Crippen LogP contribution >= 0.6 is 12.4 Å². The molecule has 0 bridgehead atoms. The van der Waals surface area contributed by atoms with Gasteiger partial charge < -0.3 is 16.4 Å². The normalized spacial score (nSPS) is 23.7. The summed E-state index contributed by atoms with van der Waals surface area (Å²) in [6.45, 7) is 2.00. The van der Waals surface area contributed by atoms with E-state index in [1.54, 1.807) is 0 Å². The van der Waals surface area contributed by atoms with Crippen LogP contribution in [0, 0.1) is 5.92 Å². The van der Waals surface area contributed by atoms with E-state index >= 15 is 0 Å². The highest BCUT2D eigenvalue weighted by molar-refractivity contribution is 5.93. The maximum absolute atomic E-state index is 12.2. The summed E-state index contributed by atoms with van der Waals surface area (Å²) in [5.74, 6) is 0.464. The lowest BCUT2D eigenvalue weighted by molar-refractivity contribution is -0.122. The average molecular weight is 352 g/mol. The number of hydrogen-bond donors (Lipinski definition) is 3. The third-order valence-corrected chi connectivity index (χ3v) is 5.07. The minimum absolute atomic E-state index is 0. The van der Waals surface area contributed by atoms with Crippen LogP contribution < -0.4 is 16.4 Å². The molecule has 1 aromatic carbocycles. The fourth-order valence-corrected chi connectivity index (χ4v) is 3.61. The van der Waals surface area contributed by atoms with Gasteiger partial charge in [-0.2, -0.15) is 0 Å². The van der Waals surface area contributed by atoms with E-state index in [2.05, 4.69) is 16.7 Å². The summed E-state index contributed by atoms with van der Waals surface area (Å²) in [7, 11) is 0. The van der Waals surface area contributed by atoms with Crippen LogP contribution in [-0.4, -0.2) is 17.9 Å². The van der Waals surface area contributed by atoms with Gasteiger partial charge >= 0.3 is 0 Å². The van der Waals surface area contributed by atoms with Gasteiger partial charge in [0.1, 0.15) is 0 Å². The van der Waals surface area contributed by atoms with Crippen molar-refractivity contribution >= 4 is 29.9 Å². The highest BCUT2D eigenvalue weighted by atomic mass is 35.5. The molecule has 0 aromatic heterocycles. The van der Waals surface area contributed by atoms with Crippen molar-refractivity contribution in [3.63, 3.8) is 0 Å². The zero-order valence-electron chi connectivity index (χ0n) is 14.0. The zero-order valence-corrected chi connectivity index (χ0v) is 14.8. The first-order valence-electron chi connectivity index (χ1n) is 8.50. The van der Waals surface area contributed by atoms with Crippen LogP contribution in [-0.2, 0) is 16.0 Å². The van der Waals surface area contributed by atoms with Crippen LogP contribution in [0.25, 0.3) is 0 Å². The van der Waals surface area contributed by atoms with Crippen LogP contribution in [0.3, 0.4) is 0 Å². The number of hydrogen-bond acceptors (Lipinski definition) is 3. The molecule has 132 valence electrons. The van der Waals surface area contributed by atoms with Crippen LogP contribution in [0.15, 0.2) is 18.2 Å². The highest BCUT2D eigenvalue weighted by Crippen LogP contribution is 2.28. The van der Waals surface area contributed by atoms with E-state index in [1.807, 2.05) is 19.1 Å². The molecule has 1 unspecified atom stereocenters. The molecule has 6 heteroatoms. The monoisotopic (exact) mass is 351 g/mol. The number of aryl methyl sites for hydroxylation is 1. The minimum atomic E-state index is -0.0388. The zero-order chi connectivity index (χ0) is 16.4. The lowest BCUT2D eigenvalue weighted by Crippen LogP contribution is -2.33. The van der Waals surface area contributed by atoms with E-state index in [9.17, 15) is 9.59 Å². The molecular weight excluding hydrogens is 326 g/mol. The number of carbonyl (C=O) groups excluding carboxylic acids is 2. The summed E-state index contributed by atoms with van der Waals surface area (Å²) < 4.78 is 0. The van der Waals surface area contributed by atoms with Crippen LogP contribution in [0.2, 0.25) is 0 Å². The second kappa shape index (κ2) is 7.99. The number of benzene rings is 1. The van der Waals surface area contributed by atoms with E-state index in [1.165, 1.54) is 0 Å². The summed E-state index contributed by atoms with van der Waals surface area (Å²) in [5, 5.41) is 5.96. The predicted molar refractivity (Wildman–Crippen MR) is 97.1 cm³/mol. The molecule has 1 aliphatic carbocycles. The minimum Gasteiger partial charge on any atom is -0.350 e. The quantitative estimate of drug-likeness (QED) is 0.779. The third kappa shape index (κ3) is 4.28. The Balaban J connectivity index is 0.00000208. The Morgan fingerprint density at radius 1 is 1.38 bits per heavy atom. The van der Waals surface area contributed by atoms with Crippen molar-refractivity contribution in [2.75, 3.05) is 5.32 Å². The van der Waals surface area contributed by atoms with Gasteiger partial charge in [-0.05, 0) is 49.3 Å². The number of halogens is 1. The van der Waals surface area contributed by atoms with Crippen molar-refractivity contribution in [2.24, 2.45) is 11.7 Å². The Morgan fingerprint density at radius 2 is 2.17 bits per heavy atom. The molecule has 1 fully saturated rings. The van der Waals surface area contributed by atoms with Crippen LogP contribution in [0.1, 0.15) is 56.2 Å². The largest absolute Gasteiger partial charge is 0.350 e. The summed E-state index contributed by atoms with van der Waals surface area (Å²) >= 11 is 0. The predicted octanol–water partition coefficient (Wildman–Crippen LogP) is 2.69. The first-order chi connectivity index (χ1) is 11.0. The van der Waals surface area contributed by atoms with Gasteiger partial charge in [-0.25, -0.2) is 0 Å². The van der Waals surface area contributed by atoms with Crippen molar-refractivity contribution in [1.29, 1.82) is 0 Å². The van der Waals surface area contributed by atoms with Crippen molar-refractivity contribution in [2.45, 2.75) is 57.5 Å². The number of nitrogens with one attached hydrogen (secondary N) is 2. The van der Waals surface area contributed by atoms with Gasteiger partial charge in [-0.1, -0.05) is 18.6 Å². The number of rotatable bonds is 4. The molecule has 5 nitrogen and oxygen atoms in total. The van der Waals surface area contributed by atoms with E-state index in [4.69, 9.17) is 5.73 Å². The van der Waals surface area contributed by atoms with Gasteiger partial charge in [0.25, 0.3) is 0 Å². The maximum Gasteiger partial charge on any atom is 0.224 e. The first-order valence-corrected chi connectivity index (χ1v) is 8.50. The number of carbonyl (C=O) groups is 2. The summed E-state index contributed by atoms with van der Waals surface area (Å²) in [6.07, 6.45) is 5.02. The Hall–Kier alpha value is -1.59. The second-order valence-corrected chi connectivity index (χ2v) is 6.81. The SMILES string of the molecule is CC(NC(=O)C[C@@H]1CCC[C@H]1N)c1ccc2c(c1)CCC(=O)N2.Cl. The van der Waals surface area contributed by atoms with Gasteiger partial charge in [0, 0.05) is 24.6 Å². The molecule has 1 heterocycles. The molecule has 0 saturated heterocycles. The molecular formula is C18H26ClN3O2. The lowest BCUT2D eigenvalue weighted by Gasteiger charge is -2.21. The lowest BCUT2D eigenvalue weighted by atomic mass is 9.97. The molecule has 1 aliphatic heterocycles. The van der Waals surface area contributed by atoms with E-state index in [-0.39, 0.29) is 36.3 Å². The molecule has 2 aliphatic rings. The molecule has 0 radical (unpaired) electrons. The molecule has 3 atom stereocenters. The molecule has 1 aromatic rings. The van der Waals surface area contributed by atoms with Crippen molar-refractivity contribution < 1.29 is 9.59 Å². The fraction of sp³-hybridized carbons (Fsp3) is 0.556. The topological polar surface area (TPSA) is 84.2 Å². The van der Waals surface area contributed by atoms with Gasteiger partial charge in [-0.15, -0.1) is 12.4 Å². The fourth-order valence-electron chi connectivity index (χ4n) is 3.61. The molecule has 0 spiro atoms. The number of nitrogens with two attached hydrogens (primary N) is 1. The Labute approximate surface area is 149 Å². The van der Waals surface area contributed by atoms with Crippen LogP contribution in [0.5, 0.6) is 0 Å². The van der Waals surface area contributed by atoms with Crippen molar-refractivity contribution in [1.82, 2.24) is 5.32 Å². The molecule has 1 saturated carbocycles. The Morgan fingerprint density at radius 3 is 2.88 bits per heavy atom. The van der Waals surface area contributed by atoms with Gasteiger partial charge in [-0.3, -0.25) is 9.59 Å². The van der Waals surface area contributed by atoms with Gasteiger partial charge in [0.05, 0.1) is 6.04 Å². The van der Waals surface area contributed by atoms with Gasteiger partial charge in [0.2, 0.25) is 11.8 Å². The summed E-state index contributed by atoms with van der Waals surface area (Å²) in [6, 6.07) is 6.11. The standard InChI is InChI=1S/C18H25N3O2.ClH/c1-11(20-18(23)10-13-3-2-4-15(13)19)12-5-7-16-14(9-12)6-8-17(22)21-16;/h5,7,9,11,13,15H,2-4,6,8,10,19H2,1H3,(H,20,23)(H,21,22);1H/t11?,13-,15+;/m0./s1. The van der Waals surface area contributed by atoms with Gasteiger partial charge in [0.15, 0.2) is 0 Å². The van der Waals surface area contributed by atoms with E-state index in [0.29, 0.717) is 18.8 Å². The smallest absolute Gasteiger partial charge is 0.224 e. The number of anilines is 1. The Kier molecular flexibility index (Phi) is 6.24. The second-order valence-electron chi connectivity index (χ2n) is 6.81. The molecule has 2 amide bonds. The van der Waals surface area contributed by atoms with Crippen molar-refractivity contribution in [3.8, 4) is 0 Å². The summed E-state index contributed by atoms with van der Waals surface area (Å²) in [4.78, 5) is 23.6. The average Bonchev–Trinajstić information content (AvgIpc) is 2.91. The number of fused-ring (bicyclic) bond motifs is 1. The molecule has 4 N–H and O–H groups in total. The van der Waals surface area contributed by atoms with E-state index in [0.717, 1.165) is 42.5 Å². The third-order valence-electron chi connectivity index (χ3n) is 5.07. The number of amides is 2. The molecule has 24 heavy (non-hydrogen) atoms. The van der Waals surface area contributed by atoms with E-state index < -0.39 is 0 Å². The maximum atomic E-state index is 12.2. The van der Waals surface area contributed by atoms with Crippen LogP contribution in [0.4, 0.5) is 5.69 Å². The van der Waals surface area contributed by atoms with Crippen molar-refractivity contribution in [3.05, 3.63) is 29.3 Å². The Bertz CT molecular complexity index is 620.